The molecule has 3 atom stereocenters. The van der Waals surface area contributed by atoms with E-state index in [2.05, 4.69) is 33.0 Å². The lowest BCUT2D eigenvalue weighted by molar-refractivity contribution is -0.154. The fourth-order valence-electron chi connectivity index (χ4n) is 2.81. The molecule has 1 saturated carbocycles. The van der Waals surface area contributed by atoms with E-state index >= 15 is 0 Å². The highest BCUT2D eigenvalue weighted by atomic mass is 16.5. The van der Waals surface area contributed by atoms with E-state index < -0.39 is 5.54 Å². The minimum Gasteiger partial charge on any atom is -0.465 e. The van der Waals surface area contributed by atoms with E-state index in [4.69, 9.17) is 4.74 Å². The van der Waals surface area contributed by atoms with Crippen LogP contribution in [0.1, 0.15) is 53.9 Å². The number of hydrogen-bond donors (Lipinski definition) is 1. The summed E-state index contributed by atoms with van der Waals surface area (Å²) < 4.78 is 5.27. The molecule has 1 aliphatic rings. The summed E-state index contributed by atoms with van der Waals surface area (Å²) in [7, 11) is 0. The number of rotatable bonds is 4. The lowest BCUT2D eigenvalue weighted by atomic mass is 9.71. The zero-order valence-electron chi connectivity index (χ0n) is 11.9. The van der Waals surface area contributed by atoms with Crippen molar-refractivity contribution in [1.29, 1.82) is 0 Å². The Morgan fingerprint density at radius 3 is 2.53 bits per heavy atom. The molecule has 0 bridgehead atoms. The molecule has 1 N–H and O–H groups in total. The Bertz CT molecular complexity index is 265. The van der Waals surface area contributed by atoms with E-state index in [9.17, 15) is 4.79 Å². The summed E-state index contributed by atoms with van der Waals surface area (Å²) in [6, 6.07) is 0.306. The molecule has 17 heavy (non-hydrogen) atoms. The topological polar surface area (TPSA) is 38.3 Å². The molecule has 1 fully saturated rings. The summed E-state index contributed by atoms with van der Waals surface area (Å²) in [5, 5.41) is 3.46. The van der Waals surface area contributed by atoms with Gasteiger partial charge in [0.1, 0.15) is 5.54 Å². The molecule has 0 aliphatic heterocycles. The monoisotopic (exact) mass is 241 g/mol. The molecular formula is C14H27NO2. The van der Waals surface area contributed by atoms with Crippen LogP contribution in [0.5, 0.6) is 0 Å². The zero-order valence-corrected chi connectivity index (χ0v) is 11.9. The van der Waals surface area contributed by atoms with Gasteiger partial charge in [0, 0.05) is 6.04 Å². The van der Waals surface area contributed by atoms with E-state index in [1.165, 1.54) is 0 Å². The van der Waals surface area contributed by atoms with Crippen LogP contribution in [0, 0.1) is 11.8 Å². The van der Waals surface area contributed by atoms with E-state index in [-0.39, 0.29) is 5.97 Å². The Hall–Kier alpha value is -0.570. The van der Waals surface area contributed by atoms with Gasteiger partial charge in [0.2, 0.25) is 0 Å². The van der Waals surface area contributed by atoms with Crippen LogP contribution in [-0.4, -0.2) is 24.2 Å². The zero-order chi connectivity index (χ0) is 13.1. The second kappa shape index (κ2) is 5.85. The van der Waals surface area contributed by atoms with E-state index in [0.29, 0.717) is 24.5 Å². The SMILES string of the molecule is CCOC(=O)C1(NC(C)C)CCC(C)C(C)C1. The Morgan fingerprint density at radius 2 is 2.06 bits per heavy atom. The predicted octanol–water partition coefficient (Wildman–Crippen LogP) is 2.74. The fourth-order valence-corrected chi connectivity index (χ4v) is 2.81. The van der Waals surface area contributed by atoms with Gasteiger partial charge >= 0.3 is 5.97 Å². The average molecular weight is 241 g/mol. The van der Waals surface area contributed by atoms with E-state index in [1.54, 1.807) is 0 Å². The standard InChI is InChI=1S/C14H27NO2/c1-6-17-13(16)14(15-10(2)3)8-7-11(4)12(5)9-14/h10-12,15H,6-9H2,1-5H3. The van der Waals surface area contributed by atoms with Gasteiger partial charge in [-0.1, -0.05) is 13.8 Å². The Balaban J connectivity index is 2.83. The molecule has 0 aromatic rings. The van der Waals surface area contributed by atoms with Crippen LogP contribution < -0.4 is 5.32 Å². The first kappa shape index (κ1) is 14.5. The summed E-state index contributed by atoms with van der Waals surface area (Å²) in [5.74, 6) is 1.21. The quantitative estimate of drug-likeness (QED) is 0.769. The molecule has 0 aromatic carbocycles. The third kappa shape index (κ3) is 3.44. The molecule has 3 heteroatoms. The molecule has 0 aromatic heterocycles. The summed E-state index contributed by atoms with van der Waals surface area (Å²) in [4.78, 5) is 12.2. The van der Waals surface area contributed by atoms with Crippen LogP contribution in [0.4, 0.5) is 0 Å². The Morgan fingerprint density at radius 1 is 1.41 bits per heavy atom. The van der Waals surface area contributed by atoms with Crippen LogP contribution in [-0.2, 0) is 9.53 Å². The highest BCUT2D eigenvalue weighted by molar-refractivity contribution is 5.81. The van der Waals surface area contributed by atoms with Crippen LogP contribution in [0.25, 0.3) is 0 Å². The van der Waals surface area contributed by atoms with Crippen LogP contribution in [0.2, 0.25) is 0 Å². The predicted molar refractivity (Wildman–Crippen MR) is 69.8 cm³/mol. The molecule has 0 radical (unpaired) electrons. The maximum atomic E-state index is 12.2. The minimum atomic E-state index is -0.448. The molecule has 3 nitrogen and oxygen atoms in total. The van der Waals surface area contributed by atoms with Gasteiger partial charge < -0.3 is 4.74 Å². The number of carbonyl (C=O) groups excluding carboxylic acids is 1. The number of esters is 1. The average Bonchev–Trinajstić information content (AvgIpc) is 2.23. The van der Waals surface area contributed by atoms with Crippen molar-refractivity contribution in [3.63, 3.8) is 0 Å². The van der Waals surface area contributed by atoms with Gasteiger partial charge in [-0.05, 0) is 51.9 Å². The highest BCUT2D eigenvalue weighted by Gasteiger charge is 2.45. The smallest absolute Gasteiger partial charge is 0.326 e. The summed E-state index contributed by atoms with van der Waals surface area (Å²) in [6.07, 6.45) is 2.89. The molecule has 0 spiro atoms. The molecule has 0 amide bonds. The van der Waals surface area contributed by atoms with Gasteiger partial charge in [-0.3, -0.25) is 10.1 Å². The molecule has 3 unspecified atom stereocenters. The second-order valence-corrected chi connectivity index (χ2v) is 5.80. The second-order valence-electron chi connectivity index (χ2n) is 5.80. The van der Waals surface area contributed by atoms with Gasteiger partial charge in [-0.15, -0.1) is 0 Å². The number of ether oxygens (including phenoxy) is 1. The first-order chi connectivity index (χ1) is 7.91. The van der Waals surface area contributed by atoms with E-state index in [0.717, 1.165) is 19.3 Å². The summed E-state index contributed by atoms with van der Waals surface area (Å²) >= 11 is 0. The third-order valence-electron chi connectivity index (χ3n) is 3.90. The largest absolute Gasteiger partial charge is 0.465 e. The van der Waals surface area contributed by atoms with E-state index in [1.807, 2.05) is 6.92 Å². The van der Waals surface area contributed by atoms with Crippen molar-refractivity contribution in [3.05, 3.63) is 0 Å². The first-order valence-electron chi connectivity index (χ1n) is 6.86. The summed E-state index contributed by atoms with van der Waals surface area (Å²) in [6.45, 7) is 11.0. The lowest BCUT2D eigenvalue weighted by Crippen LogP contribution is -2.58. The Kier molecular flexibility index (Phi) is 4.99. The van der Waals surface area contributed by atoms with Crippen molar-refractivity contribution >= 4 is 5.97 Å². The van der Waals surface area contributed by atoms with Gasteiger partial charge in [-0.25, -0.2) is 0 Å². The number of hydrogen-bond acceptors (Lipinski definition) is 3. The first-order valence-corrected chi connectivity index (χ1v) is 6.86. The lowest BCUT2D eigenvalue weighted by Gasteiger charge is -2.42. The molecule has 0 heterocycles. The molecule has 0 saturated heterocycles. The van der Waals surface area contributed by atoms with Gasteiger partial charge in [0.25, 0.3) is 0 Å². The molecule has 1 aliphatic carbocycles. The normalized spacial score (nSPS) is 33.8. The minimum absolute atomic E-state index is 0.0625. The van der Waals surface area contributed by atoms with Crippen molar-refractivity contribution in [3.8, 4) is 0 Å². The van der Waals surface area contributed by atoms with Crippen molar-refractivity contribution in [2.45, 2.75) is 65.5 Å². The number of carbonyl (C=O) groups is 1. The van der Waals surface area contributed by atoms with Crippen LogP contribution in [0.3, 0.4) is 0 Å². The highest BCUT2D eigenvalue weighted by Crippen LogP contribution is 2.37. The summed E-state index contributed by atoms with van der Waals surface area (Å²) in [5.41, 5.74) is -0.448. The van der Waals surface area contributed by atoms with Gasteiger partial charge in [0.15, 0.2) is 0 Å². The maximum Gasteiger partial charge on any atom is 0.326 e. The van der Waals surface area contributed by atoms with Gasteiger partial charge in [0.05, 0.1) is 6.61 Å². The number of nitrogens with one attached hydrogen (secondary N) is 1. The molecule has 1 rings (SSSR count). The Labute approximate surface area is 105 Å². The third-order valence-corrected chi connectivity index (χ3v) is 3.90. The van der Waals surface area contributed by atoms with Crippen molar-refractivity contribution < 1.29 is 9.53 Å². The maximum absolute atomic E-state index is 12.2. The van der Waals surface area contributed by atoms with Crippen molar-refractivity contribution in [2.24, 2.45) is 11.8 Å². The fraction of sp³-hybridized carbons (Fsp3) is 0.929. The van der Waals surface area contributed by atoms with Crippen molar-refractivity contribution in [2.75, 3.05) is 6.61 Å². The van der Waals surface area contributed by atoms with Crippen molar-refractivity contribution in [1.82, 2.24) is 5.32 Å². The van der Waals surface area contributed by atoms with Crippen LogP contribution in [0.15, 0.2) is 0 Å². The van der Waals surface area contributed by atoms with Crippen LogP contribution >= 0.6 is 0 Å². The van der Waals surface area contributed by atoms with Gasteiger partial charge in [-0.2, -0.15) is 0 Å². The molecular weight excluding hydrogens is 214 g/mol. The molecule has 100 valence electrons.